The molecule has 4 nitrogen and oxygen atoms in total. The third-order valence-electron chi connectivity index (χ3n) is 5.18. The molecule has 4 heteroatoms. The van der Waals surface area contributed by atoms with Crippen molar-refractivity contribution in [1.29, 1.82) is 0 Å². The van der Waals surface area contributed by atoms with Crippen LogP contribution in [0.15, 0.2) is 84.9 Å². The standard InChI is InChI=1S/C24H24N2O2/c27-24(28-23-12-5-2-6-13-23)25-21-10-7-11-22(18-21)26-16-14-20(15-17-26)19-8-3-1-4-9-19/h1-13,18,20H,14-17H2,(H,25,27). The number of para-hydroxylation sites is 1. The first-order chi connectivity index (χ1) is 13.8. The maximum Gasteiger partial charge on any atom is 0.417 e. The maximum atomic E-state index is 12.1. The number of piperidine rings is 1. The molecule has 0 bridgehead atoms. The number of rotatable bonds is 4. The molecule has 0 atom stereocenters. The highest BCUT2D eigenvalue weighted by molar-refractivity contribution is 5.87. The Balaban J connectivity index is 1.36. The topological polar surface area (TPSA) is 41.6 Å². The summed E-state index contributed by atoms with van der Waals surface area (Å²) >= 11 is 0. The molecule has 1 fully saturated rings. The molecule has 3 aromatic rings. The Labute approximate surface area is 165 Å². The number of carbonyl (C=O) groups is 1. The van der Waals surface area contributed by atoms with Gasteiger partial charge in [-0.15, -0.1) is 0 Å². The molecule has 0 unspecified atom stereocenters. The number of nitrogens with zero attached hydrogens (tertiary/aromatic N) is 1. The van der Waals surface area contributed by atoms with E-state index < -0.39 is 6.09 Å². The van der Waals surface area contributed by atoms with Crippen LogP contribution in [0.3, 0.4) is 0 Å². The molecular weight excluding hydrogens is 348 g/mol. The van der Waals surface area contributed by atoms with Crippen LogP contribution in [0.1, 0.15) is 24.3 Å². The average Bonchev–Trinajstić information content (AvgIpc) is 2.75. The van der Waals surface area contributed by atoms with E-state index in [1.165, 1.54) is 5.56 Å². The lowest BCUT2D eigenvalue weighted by molar-refractivity contribution is 0.215. The summed E-state index contributed by atoms with van der Waals surface area (Å²) in [6.07, 6.45) is 1.79. The normalized spacial score (nSPS) is 14.5. The van der Waals surface area contributed by atoms with E-state index in [9.17, 15) is 4.79 Å². The summed E-state index contributed by atoms with van der Waals surface area (Å²) in [5.74, 6) is 1.15. The number of nitrogens with one attached hydrogen (secondary N) is 1. The molecule has 1 heterocycles. The van der Waals surface area contributed by atoms with Gasteiger partial charge in [0.05, 0.1) is 0 Å². The second kappa shape index (κ2) is 8.61. The highest BCUT2D eigenvalue weighted by atomic mass is 16.6. The zero-order valence-electron chi connectivity index (χ0n) is 15.8. The Kier molecular flexibility index (Phi) is 5.57. The van der Waals surface area contributed by atoms with Gasteiger partial charge in [-0.05, 0) is 54.7 Å². The first-order valence-electron chi connectivity index (χ1n) is 9.72. The highest BCUT2D eigenvalue weighted by Gasteiger charge is 2.21. The highest BCUT2D eigenvalue weighted by Crippen LogP contribution is 2.31. The lowest BCUT2D eigenvalue weighted by Crippen LogP contribution is -2.32. The quantitative estimate of drug-likeness (QED) is 0.640. The van der Waals surface area contributed by atoms with E-state index in [0.717, 1.165) is 37.3 Å². The van der Waals surface area contributed by atoms with E-state index in [2.05, 4.69) is 46.6 Å². The predicted octanol–water partition coefficient (Wildman–Crippen LogP) is 5.68. The van der Waals surface area contributed by atoms with Crippen molar-refractivity contribution in [2.45, 2.75) is 18.8 Å². The number of hydrogen-bond acceptors (Lipinski definition) is 3. The van der Waals surface area contributed by atoms with Crippen LogP contribution in [0.4, 0.5) is 16.2 Å². The van der Waals surface area contributed by atoms with Crippen molar-refractivity contribution in [1.82, 2.24) is 0 Å². The Morgan fingerprint density at radius 1 is 0.857 bits per heavy atom. The summed E-state index contributed by atoms with van der Waals surface area (Å²) in [5.41, 5.74) is 3.30. The molecule has 0 radical (unpaired) electrons. The lowest BCUT2D eigenvalue weighted by atomic mass is 9.89. The van der Waals surface area contributed by atoms with Gasteiger partial charge in [-0.3, -0.25) is 5.32 Å². The van der Waals surface area contributed by atoms with Crippen LogP contribution in [0, 0.1) is 0 Å². The number of anilines is 2. The monoisotopic (exact) mass is 372 g/mol. The Hall–Kier alpha value is -3.27. The molecule has 0 aromatic heterocycles. The molecule has 0 aliphatic carbocycles. The molecule has 1 N–H and O–H groups in total. The fraction of sp³-hybridized carbons (Fsp3) is 0.208. The number of hydrogen-bond donors (Lipinski definition) is 1. The SMILES string of the molecule is O=C(Nc1cccc(N2CCC(c3ccccc3)CC2)c1)Oc1ccccc1. The third-order valence-corrected chi connectivity index (χ3v) is 5.18. The first-order valence-corrected chi connectivity index (χ1v) is 9.72. The van der Waals surface area contributed by atoms with Crippen molar-refractivity contribution in [2.75, 3.05) is 23.3 Å². The van der Waals surface area contributed by atoms with Crippen LogP contribution < -0.4 is 15.0 Å². The molecule has 3 aromatic carbocycles. The molecule has 4 rings (SSSR count). The summed E-state index contributed by atoms with van der Waals surface area (Å²) in [7, 11) is 0. The Morgan fingerprint density at radius 2 is 1.54 bits per heavy atom. The maximum absolute atomic E-state index is 12.1. The van der Waals surface area contributed by atoms with Crippen molar-refractivity contribution in [3.8, 4) is 5.75 Å². The summed E-state index contributed by atoms with van der Waals surface area (Å²) in [5, 5.41) is 2.82. The van der Waals surface area contributed by atoms with E-state index in [1.54, 1.807) is 12.1 Å². The van der Waals surface area contributed by atoms with Gasteiger partial charge in [0, 0.05) is 24.5 Å². The molecular formula is C24H24N2O2. The van der Waals surface area contributed by atoms with Gasteiger partial charge in [0.15, 0.2) is 0 Å². The van der Waals surface area contributed by atoms with Crippen molar-refractivity contribution < 1.29 is 9.53 Å². The fourth-order valence-corrected chi connectivity index (χ4v) is 3.72. The third kappa shape index (κ3) is 4.52. The van der Waals surface area contributed by atoms with Crippen molar-refractivity contribution in [2.24, 2.45) is 0 Å². The van der Waals surface area contributed by atoms with Gasteiger partial charge in [0.2, 0.25) is 0 Å². The minimum Gasteiger partial charge on any atom is -0.410 e. The average molecular weight is 372 g/mol. The minimum atomic E-state index is -0.480. The van der Waals surface area contributed by atoms with Crippen molar-refractivity contribution in [3.63, 3.8) is 0 Å². The number of benzene rings is 3. The van der Waals surface area contributed by atoms with Crippen LogP contribution in [-0.2, 0) is 0 Å². The number of carbonyl (C=O) groups excluding carboxylic acids is 1. The van der Waals surface area contributed by atoms with Gasteiger partial charge in [-0.1, -0.05) is 54.6 Å². The molecule has 0 saturated carbocycles. The van der Waals surface area contributed by atoms with Crippen molar-refractivity contribution >= 4 is 17.5 Å². The van der Waals surface area contributed by atoms with Gasteiger partial charge in [0.1, 0.15) is 5.75 Å². The molecule has 28 heavy (non-hydrogen) atoms. The van der Waals surface area contributed by atoms with E-state index in [4.69, 9.17) is 4.74 Å². The van der Waals surface area contributed by atoms with Gasteiger partial charge in [-0.2, -0.15) is 0 Å². The van der Waals surface area contributed by atoms with E-state index >= 15 is 0 Å². The summed E-state index contributed by atoms with van der Waals surface area (Å²) in [6, 6.07) is 27.8. The van der Waals surface area contributed by atoms with E-state index in [0.29, 0.717) is 11.7 Å². The van der Waals surface area contributed by atoms with Crippen LogP contribution in [0.2, 0.25) is 0 Å². The molecule has 1 amide bonds. The van der Waals surface area contributed by atoms with Crippen LogP contribution in [-0.4, -0.2) is 19.2 Å². The van der Waals surface area contributed by atoms with Gasteiger partial charge >= 0.3 is 6.09 Å². The Bertz CT molecular complexity index is 904. The van der Waals surface area contributed by atoms with Gasteiger partial charge in [-0.25, -0.2) is 4.79 Å². The molecule has 1 aliphatic rings. The largest absolute Gasteiger partial charge is 0.417 e. The van der Waals surface area contributed by atoms with Gasteiger partial charge < -0.3 is 9.64 Å². The lowest BCUT2D eigenvalue weighted by Gasteiger charge is -2.34. The first kappa shape index (κ1) is 18.1. The second-order valence-corrected chi connectivity index (χ2v) is 7.05. The summed E-state index contributed by atoms with van der Waals surface area (Å²) in [6.45, 7) is 2.02. The molecule has 1 aliphatic heterocycles. The smallest absolute Gasteiger partial charge is 0.410 e. The zero-order valence-corrected chi connectivity index (χ0v) is 15.8. The summed E-state index contributed by atoms with van der Waals surface area (Å²) < 4.78 is 5.30. The summed E-state index contributed by atoms with van der Waals surface area (Å²) in [4.78, 5) is 14.5. The molecule has 142 valence electrons. The zero-order chi connectivity index (χ0) is 19.2. The number of ether oxygens (including phenoxy) is 1. The van der Waals surface area contributed by atoms with Crippen LogP contribution >= 0.6 is 0 Å². The van der Waals surface area contributed by atoms with Crippen LogP contribution in [0.5, 0.6) is 5.75 Å². The molecule has 1 saturated heterocycles. The fourth-order valence-electron chi connectivity index (χ4n) is 3.72. The van der Waals surface area contributed by atoms with Gasteiger partial charge in [0.25, 0.3) is 0 Å². The second-order valence-electron chi connectivity index (χ2n) is 7.05. The van der Waals surface area contributed by atoms with Crippen molar-refractivity contribution in [3.05, 3.63) is 90.5 Å². The van der Waals surface area contributed by atoms with E-state index in [-0.39, 0.29) is 0 Å². The van der Waals surface area contributed by atoms with E-state index in [1.807, 2.05) is 36.4 Å². The number of amides is 1. The Morgan fingerprint density at radius 3 is 2.25 bits per heavy atom. The minimum absolute atomic E-state index is 0.480. The molecule has 0 spiro atoms. The van der Waals surface area contributed by atoms with Crippen LogP contribution in [0.25, 0.3) is 0 Å². The predicted molar refractivity (Wildman–Crippen MR) is 113 cm³/mol.